The van der Waals surface area contributed by atoms with Gasteiger partial charge in [0.2, 0.25) is 5.91 Å². The van der Waals surface area contributed by atoms with Gasteiger partial charge in [-0.2, -0.15) is 0 Å². The Balaban J connectivity index is 2.59. The molecule has 0 heterocycles. The van der Waals surface area contributed by atoms with Crippen molar-refractivity contribution < 1.29 is 4.79 Å². The summed E-state index contributed by atoms with van der Waals surface area (Å²) < 4.78 is 0. The highest BCUT2D eigenvalue weighted by Crippen LogP contribution is 2.24. The maximum atomic E-state index is 12.3. The summed E-state index contributed by atoms with van der Waals surface area (Å²) in [7, 11) is 0. The molecule has 3 heteroatoms. The Morgan fingerprint density at radius 1 is 1.22 bits per heavy atom. The van der Waals surface area contributed by atoms with E-state index in [2.05, 4.69) is 13.8 Å². The fourth-order valence-electron chi connectivity index (χ4n) is 1.83. The van der Waals surface area contributed by atoms with E-state index in [4.69, 9.17) is 0 Å². The van der Waals surface area contributed by atoms with Crippen LogP contribution in [0, 0.1) is 5.92 Å². The molecule has 1 unspecified atom stereocenters. The molecule has 0 aromatic heterocycles. The molecule has 0 N–H and O–H groups in total. The van der Waals surface area contributed by atoms with Gasteiger partial charge in [0.25, 0.3) is 0 Å². The van der Waals surface area contributed by atoms with E-state index in [1.807, 2.05) is 49.1 Å². The first-order valence-corrected chi connectivity index (χ1v) is 7.43. The topological polar surface area (TPSA) is 20.3 Å². The van der Waals surface area contributed by atoms with Gasteiger partial charge in [0.1, 0.15) is 0 Å². The maximum Gasteiger partial charge on any atom is 0.235 e. The van der Waals surface area contributed by atoms with Gasteiger partial charge >= 0.3 is 0 Å². The van der Waals surface area contributed by atoms with Crippen LogP contribution in [-0.2, 0) is 4.79 Å². The summed E-state index contributed by atoms with van der Waals surface area (Å²) >= 11 is 1.63. The van der Waals surface area contributed by atoms with Gasteiger partial charge in [-0.3, -0.25) is 4.79 Å². The Kier molecular flexibility index (Phi) is 6.27. The number of benzene rings is 1. The van der Waals surface area contributed by atoms with Gasteiger partial charge in [0.15, 0.2) is 0 Å². The molecule has 0 spiro atoms. The highest BCUT2D eigenvalue weighted by Gasteiger charge is 2.20. The van der Waals surface area contributed by atoms with E-state index in [9.17, 15) is 4.79 Å². The molecule has 1 aromatic rings. The highest BCUT2D eigenvalue weighted by atomic mass is 32.2. The monoisotopic (exact) mass is 265 g/mol. The number of amides is 1. The summed E-state index contributed by atoms with van der Waals surface area (Å²) in [5, 5.41) is -0.0221. The zero-order valence-electron chi connectivity index (χ0n) is 11.7. The molecule has 1 atom stereocenters. The molecule has 1 aromatic carbocycles. The van der Waals surface area contributed by atoms with Gasteiger partial charge in [0, 0.05) is 18.0 Å². The minimum absolute atomic E-state index is 0.0221. The summed E-state index contributed by atoms with van der Waals surface area (Å²) in [4.78, 5) is 15.4. The van der Waals surface area contributed by atoms with Crippen molar-refractivity contribution in [1.29, 1.82) is 0 Å². The molecular formula is C15H23NOS. The number of carbonyl (C=O) groups is 1. The molecule has 0 bridgehead atoms. The van der Waals surface area contributed by atoms with E-state index in [0.717, 1.165) is 18.0 Å². The third-order valence-corrected chi connectivity index (χ3v) is 3.78. The van der Waals surface area contributed by atoms with Gasteiger partial charge in [0.05, 0.1) is 5.25 Å². The number of nitrogens with zero attached hydrogens (tertiary/aromatic N) is 1. The summed E-state index contributed by atoms with van der Waals surface area (Å²) in [6.07, 6.45) is 0. The number of carbonyl (C=O) groups excluding carboxylic acids is 1. The van der Waals surface area contributed by atoms with E-state index in [0.29, 0.717) is 5.92 Å². The Bertz CT molecular complexity index is 364. The number of thioether (sulfide) groups is 1. The van der Waals surface area contributed by atoms with Crippen LogP contribution >= 0.6 is 11.8 Å². The van der Waals surface area contributed by atoms with Crippen molar-refractivity contribution in [3.8, 4) is 0 Å². The number of rotatable bonds is 6. The third kappa shape index (κ3) is 4.73. The van der Waals surface area contributed by atoms with Crippen LogP contribution in [0.4, 0.5) is 0 Å². The van der Waals surface area contributed by atoms with Crippen molar-refractivity contribution >= 4 is 17.7 Å². The molecule has 100 valence electrons. The van der Waals surface area contributed by atoms with Crippen LogP contribution in [0.2, 0.25) is 0 Å². The second-order valence-electron chi connectivity index (χ2n) is 4.84. The molecule has 0 fully saturated rings. The average molecular weight is 265 g/mol. The van der Waals surface area contributed by atoms with Crippen LogP contribution in [0.1, 0.15) is 27.7 Å². The van der Waals surface area contributed by atoms with Gasteiger partial charge in [-0.25, -0.2) is 0 Å². The Morgan fingerprint density at radius 3 is 2.33 bits per heavy atom. The number of hydrogen-bond donors (Lipinski definition) is 0. The fourth-order valence-corrected chi connectivity index (χ4v) is 2.80. The van der Waals surface area contributed by atoms with Crippen LogP contribution in [0.15, 0.2) is 35.2 Å². The van der Waals surface area contributed by atoms with Crippen LogP contribution in [0.3, 0.4) is 0 Å². The van der Waals surface area contributed by atoms with Crippen molar-refractivity contribution in [3.05, 3.63) is 30.3 Å². The van der Waals surface area contributed by atoms with Crippen LogP contribution in [-0.4, -0.2) is 29.1 Å². The molecule has 0 saturated heterocycles. The van der Waals surface area contributed by atoms with E-state index < -0.39 is 0 Å². The third-order valence-electron chi connectivity index (χ3n) is 2.68. The molecule has 0 aliphatic rings. The van der Waals surface area contributed by atoms with E-state index >= 15 is 0 Å². The molecule has 1 rings (SSSR count). The van der Waals surface area contributed by atoms with Crippen molar-refractivity contribution in [1.82, 2.24) is 4.90 Å². The first-order chi connectivity index (χ1) is 8.54. The Labute approximate surface area is 115 Å². The summed E-state index contributed by atoms with van der Waals surface area (Å²) in [5.74, 6) is 0.753. The second kappa shape index (κ2) is 7.47. The Morgan fingerprint density at radius 2 is 1.83 bits per heavy atom. The lowest BCUT2D eigenvalue weighted by Gasteiger charge is -2.25. The van der Waals surface area contributed by atoms with Crippen LogP contribution in [0.25, 0.3) is 0 Å². The van der Waals surface area contributed by atoms with Crippen molar-refractivity contribution in [2.24, 2.45) is 5.92 Å². The minimum Gasteiger partial charge on any atom is -0.342 e. The van der Waals surface area contributed by atoms with Crippen molar-refractivity contribution in [2.45, 2.75) is 37.8 Å². The fraction of sp³-hybridized carbons (Fsp3) is 0.533. The highest BCUT2D eigenvalue weighted by molar-refractivity contribution is 8.00. The maximum absolute atomic E-state index is 12.3. The smallest absolute Gasteiger partial charge is 0.235 e. The van der Waals surface area contributed by atoms with Crippen molar-refractivity contribution in [3.63, 3.8) is 0 Å². The zero-order chi connectivity index (χ0) is 13.5. The molecule has 18 heavy (non-hydrogen) atoms. The lowest BCUT2D eigenvalue weighted by Crippen LogP contribution is -2.38. The molecule has 0 aliphatic carbocycles. The molecule has 1 amide bonds. The Hall–Kier alpha value is -0.960. The minimum atomic E-state index is -0.0221. The predicted octanol–water partition coefficient (Wildman–Crippen LogP) is 3.67. The summed E-state index contributed by atoms with van der Waals surface area (Å²) in [6.45, 7) is 9.95. The predicted molar refractivity (Wildman–Crippen MR) is 78.9 cm³/mol. The van der Waals surface area contributed by atoms with Gasteiger partial charge in [-0.05, 0) is 31.9 Å². The quantitative estimate of drug-likeness (QED) is 0.731. The lowest BCUT2D eigenvalue weighted by molar-refractivity contribution is -0.130. The molecule has 0 saturated carbocycles. The summed E-state index contributed by atoms with van der Waals surface area (Å²) in [5.41, 5.74) is 0. The largest absolute Gasteiger partial charge is 0.342 e. The normalized spacial score (nSPS) is 12.5. The standard InChI is InChI=1S/C15H23NOS/c1-5-16(11-12(2)3)15(17)13(4)18-14-9-7-6-8-10-14/h6-10,12-13H,5,11H2,1-4H3. The molecule has 2 nitrogen and oxygen atoms in total. The first kappa shape index (κ1) is 15.1. The lowest BCUT2D eigenvalue weighted by atomic mass is 10.2. The SMILES string of the molecule is CCN(CC(C)C)C(=O)C(C)Sc1ccccc1. The van der Waals surface area contributed by atoms with Crippen LogP contribution < -0.4 is 0 Å². The van der Waals surface area contributed by atoms with E-state index in [1.165, 1.54) is 0 Å². The zero-order valence-corrected chi connectivity index (χ0v) is 12.5. The van der Waals surface area contributed by atoms with Gasteiger partial charge in [-0.1, -0.05) is 32.0 Å². The summed E-state index contributed by atoms with van der Waals surface area (Å²) in [6, 6.07) is 10.1. The number of hydrogen-bond acceptors (Lipinski definition) is 2. The molecule has 0 aliphatic heterocycles. The van der Waals surface area contributed by atoms with Crippen molar-refractivity contribution in [2.75, 3.05) is 13.1 Å². The second-order valence-corrected chi connectivity index (χ2v) is 6.26. The average Bonchev–Trinajstić information content (AvgIpc) is 2.36. The molecular weight excluding hydrogens is 242 g/mol. The van der Waals surface area contributed by atoms with E-state index in [1.54, 1.807) is 11.8 Å². The van der Waals surface area contributed by atoms with Gasteiger partial charge < -0.3 is 4.90 Å². The van der Waals surface area contributed by atoms with Crippen LogP contribution in [0.5, 0.6) is 0 Å². The van der Waals surface area contributed by atoms with E-state index in [-0.39, 0.29) is 11.2 Å². The first-order valence-electron chi connectivity index (χ1n) is 6.55. The molecule has 0 radical (unpaired) electrons. The van der Waals surface area contributed by atoms with Gasteiger partial charge in [-0.15, -0.1) is 11.8 Å².